The number of aromatic nitrogens is 1. The maximum absolute atomic E-state index is 11.3. The number of aliphatic carboxylic acids is 1. The highest BCUT2D eigenvalue weighted by Gasteiger charge is 2.34. The van der Waals surface area contributed by atoms with Crippen LogP contribution in [0.4, 0.5) is 5.13 Å². The SMILES string of the molecule is CC1CN(c2nc(C(C)(C)C(=O)O)cs2)CC(C)N1C. The van der Waals surface area contributed by atoms with E-state index >= 15 is 0 Å². The molecule has 0 saturated carbocycles. The van der Waals surface area contributed by atoms with Crippen LogP contribution in [0, 0.1) is 0 Å². The predicted octanol–water partition coefficient (Wildman–Crippen LogP) is 2.03. The minimum absolute atomic E-state index is 0.471. The van der Waals surface area contributed by atoms with E-state index in [0.717, 1.165) is 18.2 Å². The molecule has 1 aliphatic rings. The van der Waals surface area contributed by atoms with Gasteiger partial charge in [0.15, 0.2) is 5.13 Å². The number of anilines is 1. The van der Waals surface area contributed by atoms with Gasteiger partial charge in [0.1, 0.15) is 5.41 Å². The summed E-state index contributed by atoms with van der Waals surface area (Å²) in [7, 11) is 2.15. The highest BCUT2D eigenvalue weighted by atomic mass is 32.1. The van der Waals surface area contributed by atoms with Gasteiger partial charge >= 0.3 is 5.97 Å². The molecule has 0 spiro atoms. The summed E-state index contributed by atoms with van der Waals surface area (Å²) >= 11 is 1.54. The topological polar surface area (TPSA) is 56.7 Å². The second kappa shape index (κ2) is 5.33. The third kappa shape index (κ3) is 2.67. The summed E-state index contributed by atoms with van der Waals surface area (Å²) in [6.45, 7) is 9.67. The Kier molecular flexibility index (Phi) is 4.07. The number of hydrogen-bond donors (Lipinski definition) is 1. The molecule has 20 heavy (non-hydrogen) atoms. The second-order valence-electron chi connectivity index (χ2n) is 6.21. The van der Waals surface area contributed by atoms with E-state index in [-0.39, 0.29) is 0 Å². The molecule has 112 valence electrons. The van der Waals surface area contributed by atoms with E-state index in [1.165, 1.54) is 11.3 Å². The first kappa shape index (κ1) is 15.3. The number of rotatable bonds is 3. The van der Waals surface area contributed by atoms with E-state index in [2.05, 4.69) is 35.7 Å². The zero-order valence-corrected chi connectivity index (χ0v) is 13.6. The van der Waals surface area contributed by atoms with Crippen molar-refractivity contribution in [1.29, 1.82) is 0 Å². The molecule has 0 bridgehead atoms. The first-order valence-corrected chi connectivity index (χ1v) is 7.77. The summed E-state index contributed by atoms with van der Waals surface area (Å²) in [5.41, 5.74) is -0.289. The predicted molar refractivity (Wildman–Crippen MR) is 81.7 cm³/mol. The third-order valence-corrected chi connectivity index (χ3v) is 5.20. The second-order valence-corrected chi connectivity index (χ2v) is 7.05. The summed E-state index contributed by atoms with van der Waals surface area (Å²) in [5, 5.41) is 12.1. The smallest absolute Gasteiger partial charge is 0.315 e. The van der Waals surface area contributed by atoms with Crippen molar-refractivity contribution in [3.8, 4) is 0 Å². The fourth-order valence-electron chi connectivity index (χ4n) is 2.37. The molecule has 1 saturated heterocycles. The molecule has 2 unspecified atom stereocenters. The minimum Gasteiger partial charge on any atom is -0.481 e. The minimum atomic E-state index is -0.932. The van der Waals surface area contributed by atoms with Crippen molar-refractivity contribution in [2.75, 3.05) is 25.0 Å². The molecule has 2 heterocycles. The molecular weight excluding hydrogens is 274 g/mol. The lowest BCUT2D eigenvalue weighted by Gasteiger charge is -2.42. The Morgan fingerprint density at radius 1 is 1.40 bits per heavy atom. The highest BCUT2D eigenvalue weighted by molar-refractivity contribution is 7.13. The molecular formula is C14H23N3O2S. The van der Waals surface area contributed by atoms with E-state index in [1.807, 2.05) is 5.38 Å². The van der Waals surface area contributed by atoms with Crippen LogP contribution in [0.25, 0.3) is 0 Å². The molecule has 0 aromatic carbocycles. The van der Waals surface area contributed by atoms with Crippen LogP contribution in [-0.2, 0) is 10.2 Å². The summed E-state index contributed by atoms with van der Waals surface area (Å²) < 4.78 is 0. The fourth-order valence-corrected chi connectivity index (χ4v) is 3.38. The van der Waals surface area contributed by atoms with E-state index in [1.54, 1.807) is 13.8 Å². The number of carboxylic acid groups (broad SMARTS) is 1. The zero-order chi connectivity index (χ0) is 15.1. The van der Waals surface area contributed by atoms with Gasteiger partial charge in [-0.25, -0.2) is 4.98 Å². The Morgan fingerprint density at radius 2 is 1.95 bits per heavy atom. The van der Waals surface area contributed by atoms with Crippen LogP contribution in [-0.4, -0.2) is 53.2 Å². The number of carboxylic acids is 1. The maximum Gasteiger partial charge on any atom is 0.315 e. The Hall–Kier alpha value is -1.14. The molecule has 2 atom stereocenters. The molecule has 1 aromatic rings. The van der Waals surface area contributed by atoms with E-state index < -0.39 is 11.4 Å². The number of likely N-dealkylation sites (N-methyl/N-ethyl adjacent to an activating group) is 1. The monoisotopic (exact) mass is 297 g/mol. The van der Waals surface area contributed by atoms with Crippen molar-refractivity contribution in [3.63, 3.8) is 0 Å². The lowest BCUT2D eigenvalue weighted by atomic mass is 9.90. The van der Waals surface area contributed by atoms with E-state index in [9.17, 15) is 9.90 Å². The van der Waals surface area contributed by atoms with Gasteiger partial charge in [0.05, 0.1) is 5.69 Å². The van der Waals surface area contributed by atoms with Crippen LogP contribution < -0.4 is 4.90 Å². The van der Waals surface area contributed by atoms with Crippen LogP contribution in [0.3, 0.4) is 0 Å². The molecule has 2 rings (SSSR count). The van der Waals surface area contributed by atoms with Crippen LogP contribution in [0.15, 0.2) is 5.38 Å². The molecule has 0 aliphatic carbocycles. The summed E-state index contributed by atoms with van der Waals surface area (Å²) in [4.78, 5) is 20.5. The lowest BCUT2D eigenvalue weighted by molar-refractivity contribution is -0.142. The molecule has 1 aliphatic heterocycles. The number of carbonyl (C=O) groups is 1. The lowest BCUT2D eigenvalue weighted by Crippen LogP contribution is -2.55. The molecule has 1 N–H and O–H groups in total. The van der Waals surface area contributed by atoms with Crippen LogP contribution in [0.1, 0.15) is 33.4 Å². The van der Waals surface area contributed by atoms with Crippen molar-refractivity contribution in [2.45, 2.75) is 45.2 Å². The number of hydrogen-bond acceptors (Lipinski definition) is 5. The summed E-state index contributed by atoms with van der Waals surface area (Å²) in [5.74, 6) is -0.838. The van der Waals surface area contributed by atoms with Gasteiger partial charge in [-0.3, -0.25) is 9.69 Å². The van der Waals surface area contributed by atoms with Crippen molar-refractivity contribution in [1.82, 2.24) is 9.88 Å². The quantitative estimate of drug-likeness (QED) is 0.925. The molecule has 6 heteroatoms. The molecule has 5 nitrogen and oxygen atoms in total. The van der Waals surface area contributed by atoms with Crippen LogP contribution in [0.2, 0.25) is 0 Å². The maximum atomic E-state index is 11.3. The van der Waals surface area contributed by atoms with Crippen molar-refractivity contribution in [3.05, 3.63) is 11.1 Å². The Labute approximate surface area is 124 Å². The van der Waals surface area contributed by atoms with Crippen LogP contribution in [0.5, 0.6) is 0 Å². The molecule has 1 aromatic heterocycles. The Balaban J connectivity index is 2.19. The van der Waals surface area contributed by atoms with Crippen LogP contribution >= 0.6 is 11.3 Å². The number of nitrogens with zero attached hydrogens (tertiary/aromatic N) is 3. The van der Waals surface area contributed by atoms with Gasteiger partial charge < -0.3 is 10.0 Å². The first-order valence-electron chi connectivity index (χ1n) is 6.89. The molecule has 1 fully saturated rings. The zero-order valence-electron chi connectivity index (χ0n) is 12.8. The normalized spacial score (nSPS) is 24.9. The number of thiazole rings is 1. The van der Waals surface area contributed by atoms with E-state index in [4.69, 9.17) is 0 Å². The van der Waals surface area contributed by atoms with Gasteiger partial charge in [0.2, 0.25) is 0 Å². The Morgan fingerprint density at radius 3 is 2.45 bits per heavy atom. The molecule has 0 amide bonds. The highest BCUT2D eigenvalue weighted by Crippen LogP contribution is 2.30. The Bertz CT molecular complexity index is 488. The summed E-state index contributed by atoms with van der Waals surface area (Å²) in [6.07, 6.45) is 0. The van der Waals surface area contributed by atoms with Gasteiger partial charge in [-0.2, -0.15) is 0 Å². The van der Waals surface area contributed by atoms with Gasteiger partial charge in [-0.05, 0) is 34.7 Å². The van der Waals surface area contributed by atoms with Gasteiger partial charge in [0, 0.05) is 30.6 Å². The third-order valence-electron chi connectivity index (χ3n) is 4.30. The first-order chi connectivity index (χ1) is 9.23. The van der Waals surface area contributed by atoms with Crippen molar-refractivity contribution < 1.29 is 9.90 Å². The van der Waals surface area contributed by atoms with Gasteiger partial charge in [-0.15, -0.1) is 11.3 Å². The van der Waals surface area contributed by atoms with E-state index in [0.29, 0.717) is 17.8 Å². The van der Waals surface area contributed by atoms with Crippen molar-refractivity contribution in [2.24, 2.45) is 0 Å². The largest absolute Gasteiger partial charge is 0.481 e. The van der Waals surface area contributed by atoms with Crippen molar-refractivity contribution >= 4 is 22.4 Å². The molecule has 0 radical (unpaired) electrons. The van der Waals surface area contributed by atoms with Gasteiger partial charge in [0.25, 0.3) is 0 Å². The average Bonchev–Trinajstić information content (AvgIpc) is 2.85. The fraction of sp³-hybridized carbons (Fsp3) is 0.714. The average molecular weight is 297 g/mol. The van der Waals surface area contributed by atoms with Gasteiger partial charge in [-0.1, -0.05) is 0 Å². The standard InChI is InChI=1S/C14H23N3O2S/c1-9-6-17(7-10(2)16(9)5)13-15-11(8-20-13)14(3,4)12(18)19/h8-10H,6-7H2,1-5H3,(H,18,19). The summed E-state index contributed by atoms with van der Waals surface area (Å²) in [6, 6.07) is 0.942. The number of piperazine rings is 1.